The average molecular weight is 320 g/mol. The number of carbonyl (C=O) groups excluding carboxylic acids is 1. The highest BCUT2D eigenvalue weighted by Gasteiger charge is 2.22. The van der Waals surface area contributed by atoms with Crippen LogP contribution >= 0.6 is 0 Å². The Morgan fingerprint density at radius 1 is 1.35 bits per heavy atom. The molecular formula is C18H28N2O3. The second-order valence-electron chi connectivity index (χ2n) is 6.67. The molecule has 1 aromatic rings. The molecular weight excluding hydrogens is 292 g/mol. The predicted molar refractivity (Wildman–Crippen MR) is 90.5 cm³/mol. The summed E-state index contributed by atoms with van der Waals surface area (Å²) in [4.78, 5) is 11.9. The molecule has 2 atom stereocenters. The third-order valence-corrected chi connectivity index (χ3v) is 4.09. The molecule has 0 aliphatic heterocycles. The molecule has 23 heavy (non-hydrogen) atoms. The number of aliphatic hydroxyl groups is 1. The van der Waals surface area contributed by atoms with E-state index in [9.17, 15) is 9.90 Å². The lowest BCUT2D eigenvalue weighted by Gasteiger charge is -2.16. The first-order valence-corrected chi connectivity index (χ1v) is 8.40. The van der Waals surface area contributed by atoms with Crippen molar-refractivity contribution in [2.45, 2.75) is 58.8 Å². The van der Waals surface area contributed by atoms with Gasteiger partial charge in [-0.2, -0.15) is 0 Å². The van der Waals surface area contributed by atoms with Gasteiger partial charge in [0.25, 0.3) is 0 Å². The number of hydrogen-bond donors (Lipinski definition) is 3. The maximum atomic E-state index is 11.9. The third-order valence-electron chi connectivity index (χ3n) is 4.09. The van der Waals surface area contributed by atoms with Crippen LogP contribution in [0.3, 0.4) is 0 Å². The van der Waals surface area contributed by atoms with Crippen LogP contribution in [-0.2, 0) is 6.54 Å². The van der Waals surface area contributed by atoms with Gasteiger partial charge in [0.15, 0.2) is 0 Å². The van der Waals surface area contributed by atoms with E-state index in [4.69, 9.17) is 4.74 Å². The molecule has 2 rings (SSSR count). The van der Waals surface area contributed by atoms with Crippen molar-refractivity contribution in [2.24, 2.45) is 5.92 Å². The van der Waals surface area contributed by atoms with E-state index in [1.54, 1.807) is 0 Å². The molecule has 0 bridgehead atoms. The number of aliphatic hydroxyl groups excluding tert-OH is 1. The zero-order valence-corrected chi connectivity index (χ0v) is 14.3. The SMILES string of the molecule is Cc1ccc(CNC(=O)NC[C@H]2CC[C@H](O)C2)c(OC(C)C)c1. The Balaban J connectivity index is 1.81. The maximum Gasteiger partial charge on any atom is 0.315 e. The summed E-state index contributed by atoms with van der Waals surface area (Å²) in [6.45, 7) is 7.05. The predicted octanol–water partition coefficient (Wildman–Crippen LogP) is 2.74. The molecule has 1 aliphatic carbocycles. The molecule has 0 heterocycles. The van der Waals surface area contributed by atoms with Crippen LogP contribution in [-0.4, -0.2) is 29.9 Å². The van der Waals surface area contributed by atoms with E-state index in [1.165, 1.54) is 0 Å². The molecule has 0 saturated heterocycles. The lowest BCUT2D eigenvalue weighted by molar-refractivity contribution is 0.177. The zero-order valence-electron chi connectivity index (χ0n) is 14.3. The number of nitrogens with one attached hydrogen (secondary N) is 2. The Bertz CT molecular complexity index is 531. The largest absolute Gasteiger partial charge is 0.491 e. The Kier molecular flexibility index (Phi) is 6.28. The minimum absolute atomic E-state index is 0.0955. The van der Waals surface area contributed by atoms with E-state index in [0.717, 1.165) is 36.1 Å². The van der Waals surface area contributed by atoms with E-state index < -0.39 is 0 Å². The van der Waals surface area contributed by atoms with E-state index in [2.05, 4.69) is 10.6 Å². The van der Waals surface area contributed by atoms with Gasteiger partial charge in [-0.1, -0.05) is 12.1 Å². The van der Waals surface area contributed by atoms with Crippen molar-refractivity contribution in [2.75, 3.05) is 6.54 Å². The normalized spacial score (nSPS) is 20.6. The van der Waals surface area contributed by atoms with E-state index in [-0.39, 0.29) is 18.2 Å². The fourth-order valence-electron chi connectivity index (χ4n) is 2.88. The van der Waals surface area contributed by atoms with Gasteiger partial charge < -0.3 is 20.5 Å². The van der Waals surface area contributed by atoms with Crippen molar-refractivity contribution in [1.82, 2.24) is 10.6 Å². The Morgan fingerprint density at radius 3 is 2.78 bits per heavy atom. The number of ether oxygens (including phenoxy) is 1. The minimum atomic E-state index is -0.201. The summed E-state index contributed by atoms with van der Waals surface area (Å²) >= 11 is 0. The molecule has 1 aliphatic rings. The van der Waals surface area contributed by atoms with Crippen molar-refractivity contribution in [3.63, 3.8) is 0 Å². The van der Waals surface area contributed by atoms with E-state index >= 15 is 0 Å². The number of rotatable bonds is 6. The summed E-state index contributed by atoms with van der Waals surface area (Å²) in [5, 5.41) is 15.3. The molecule has 0 radical (unpaired) electrons. The Morgan fingerprint density at radius 2 is 2.13 bits per heavy atom. The molecule has 1 saturated carbocycles. The first-order chi connectivity index (χ1) is 10.9. The number of aryl methyl sites for hydroxylation is 1. The Hall–Kier alpha value is -1.75. The van der Waals surface area contributed by atoms with Crippen LogP contribution in [0.1, 0.15) is 44.2 Å². The van der Waals surface area contributed by atoms with Gasteiger partial charge in [0.2, 0.25) is 0 Å². The summed E-state index contributed by atoms with van der Waals surface area (Å²) in [7, 11) is 0. The molecule has 5 nitrogen and oxygen atoms in total. The van der Waals surface area contributed by atoms with Gasteiger partial charge in [0.1, 0.15) is 5.75 Å². The maximum absolute atomic E-state index is 11.9. The van der Waals surface area contributed by atoms with Gasteiger partial charge in [-0.3, -0.25) is 0 Å². The number of carbonyl (C=O) groups is 1. The summed E-state index contributed by atoms with van der Waals surface area (Å²) in [6, 6.07) is 5.82. The summed E-state index contributed by atoms with van der Waals surface area (Å²) in [6.07, 6.45) is 2.50. The average Bonchev–Trinajstić information content (AvgIpc) is 2.89. The van der Waals surface area contributed by atoms with Crippen LogP contribution in [0.25, 0.3) is 0 Å². The van der Waals surface area contributed by atoms with Crippen molar-refractivity contribution < 1.29 is 14.6 Å². The van der Waals surface area contributed by atoms with Gasteiger partial charge >= 0.3 is 6.03 Å². The molecule has 3 N–H and O–H groups in total. The van der Waals surface area contributed by atoms with Crippen molar-refractivity contribution in [3.8, 4) is 5.75 Å². The molecule has 5 heteroatoms. The van der Waals surface area contributed by atoms with E-state index in [0.29, 0.717) is 19.0 Å². The highest BCUT2D eigenvalue weighted by Crippen LogP contribution is 2.24. The lowest BCUT2D eigenvalue weighted by Crippen LogP contribution is -2.37. The lowest BCUT2D eigenvalue weighted by atomic mass is 10.1. The van der Waals surface area contributed by atoms with Gasteiger partial charge in [0.05, 0.1) is 12.2 Å². The van der Waals surface area contributed by atoms with Crippen LogP contribution < -0.4 is 15.4 Å². The topological polar surface area (TPSA) is 70.6 Å². The van der Waals surface area contributed by atoms with Gasteiger partial charge in [-0.15, -0.1) is 0 Å². The quantitative estimate of drug-likeness (QED) is 0.755. The molecule has 1 fully saturated rings. The van der Waals surface area contributed by atoms with Crippen LogP contribution in [0, 0.1) is 12.8 Å². The first-order valence-electron chi connectivity index (χ1n) is 8.40. The monoisotopic (exact) mass is 320 g/mol. The first kappa shape index (κ1) is 17.6. The van der Waals surface area contributed by atoms with Crippen molar-refractivity contribution in [1.29, 1.82) is 0 Å². The van der Waals surface area contributed by atoms with Gasteiger partial charge in [-0.25, -0.2) is 4.79 Å². The van der Waals surface area contributed by atoms with Crippen LogP contribution in [0.5, 0.6) is 5.75 Å². The van der Waals surface area contributed by atoms with Gasteiger partial charge in [-0.05, 0) is 57.6 Å². The molecule has 0 aromatic heterocycles. The van der Waals surface area contributed by atoms with Crippen LogP contribution in [0.2, 0.25) is 0 Å². The third kappa shape index (κ3) is 5.75. The molecule has 2 amide bonds. The summed E-state index contributed by atoms with van der Waals surface area (Å²) in [5.41, 5.74) is 2.10. The molecule has 1 aromatic carbocycles. The zero-order chi connectivity index (χ0) is 16.8. The molecule has 128 valence electrons. The van der Waals surface area contributed by atoms with Crippen LogP contribution in [0.15, 0.2) is 18.2 Å². The number of benzene rings is 1. The Labute approximate surface area is 138 Å². The summed E-state index contributed by atoms with van der Waals surface area (Å²) in [5.74, 6) is 1.20. The fraction of sp³-hybridized carbons (Fsp3) is 0.611. The standard InChI is InChI=1S/C18H28N2O3/c1-12(2)23-17-8-13(3)4-6-15(17)11-20-18(22)19-10-14-5-7-16(21)9-14/h4,6,8,12,14,16,21H,5,7,9-11H2,1-3H3,(H2,19,20,22)/t14-,16-/m0/s1. The number of hydrogen-bond acceptors (Lipinski definition) is 3. The minimum Gasteiger partial charge on any atom is -0.491 e. The molecule has 0 unspecified atom stereocenters. The van der Waals surface area contributed by atoms with Crippen molar-refractivity contribution >= 4 is 6.03 Å². The number of amides is 2. The fourth-order valence-corrected chi connectivity index (χ4v) is 2.88. The second-order valence-corrected chi connectivity index (χ2v) is 6.67. The van der Waals surface area contributed by atoms with E-state index in [1.807, 2.05) is 39.0 Å². The highest BCUT2D eigenvalue weighted by atomic mass is 16.5. The smallest absolute Gasteiger partial charge is 0.315 e. The van der Waals surface area contributed by atoms with Crippen molar-refractivity contribution in [3.05, 3.63) is 29.3 Å². The second kappa shape index (κ2) is 8.20. The molecule has 0 spiro atoms. The van der Waals surface area contributed by atoms with Crippen LogP contribution in [0.4, 0.5) is 4.79 Å². The van der Waals surface area contributed by atoms with Gasteiger partial charge in [0, 0.05) is 18.7 Å². The number of urea groups is 1. The highest BCUT2D eigenvalue weighted by molar-refractivity contribution is 5.73. The summed E-state index contributed by atoms with van der Waals surface area (Å²) < 4.78 is 5.81.